The van der Waals surface area contributed by atoms with E-state index in [1.165, 1.54) is 0 Å². The maximum atomic E-state index is 14.0. The molecule has 1 atom stereocenters. The van der Waals surface area contributed by atoms with Crippen LogP contribution in [0.5, 0.6) is 0 Å². The third-order valence-corrected chi connectivity index (χ3v) is 5.06. The molecular formula is C25H27NO5. The Morgan fingerprint density at radius 3 is 2.26 bits per heavy atom. The molecule has 3 rings (SSSR count). The predicted molar refractivity (Wildman–Crippen MR) is 118 cm³/mol. The molecule has 1 heterocycles. The molecule has 2 amide bonds. The Kier molecular flexibility index (Phi) is 6.02. The summed E-state index contributed by atoms with van der Waals surface area (Å²) in [5, 5.41) is 0. The Morgan fingerprint density at radius 1 is 1.03 bits per heavy atom. The summed E-state index contributed by atoms with van der Waals surface area (Å²) < 4.78 is 10.6. The van der Waals surface area contributed by atoms with E-state index in [9.17, 15) is 14.4 Å². The highest BCUT2D eigenvalue weighted by Crippen LogP contribution is 2.50. The Bertz CT molecular complexity index is 1020. The van der Waals surface area contributed by atoms with Crippen molar-refractivity contribution in [3.8, 4) is 0 Å². The molecule has 0 spiro atoms. The molecule has 0 saturated heterocycles. The molecule has 2 aromatic rings. The number of amides is 2. The molecule has 0 radical (unpaired) electrons. The lowest BCUT2D eigenvalue weighted by Gasteiger charge is -2.30. The van der Waals surface area contributed by atoms with E-state index >= 15 is 0 Å². The van der Waals surface area contributed by atoms with Crippen molar-refractivity contribution in [3.63, 3.8) is 0 Å². The number of imide groups is 1. The summed E-state index contributed by atoms with van der Waals surface area (Å²) in [7, 11) is 0. The number of hydrogen-bond acceptors (Lipinski definition) is 5. The number of carbonyl (C=O) groups excluding carboxylic acids is 3. The van der Waals surface area contributed by atoms with Crippen LogP contribution in [-0.4, -0.2) is 30.2 Å². The molecule has 162 valence electrons. The number of para-hydroxylation sites is 1. The summed E-state index contributed by atoms with van der Waals surface area (Å²) in [5.41, 5.74) is -0.231. The molecule has 6 nitrogen and oxygen atoms in total. The Balaban J connectivity index is 2.19. The van der Waals surface area contributed by atoms with Gasteiger partial charge >= 0.3 is 12.1 Å². The molecule has 1 unspecified atom stereocenters. The van der Waals surface area contributed by atoms with E-state index in [-0.39, 0.29) is 18.6 Å². The fourth-order valence-corrected chi connectivity index (χ4v) is 3.83. The third kappa shape index (κ3) is 4.10. The third-order valence-electron chi connectivity index (χ3n) is 5.06. The van der Waals surface area contributed by atoms with E-state index in [0.717, 1.165) is 4.90 Å². The molecule has 1 aliphatic rings. The molecule has 0 fully saturated rings. The minimum absolute atomic E-state index is 0.0228. The number of carbonyl (C=O) groups is 3. The summed E-state index contributed by atoms with van der Waals surface area (Å²) in [6.07, 6.45) is -0.783. The van der Waals surface area contributed by atoms with Crippen LogP contribution in [0.15, 0.2) is 66.7 Å². The van der Waals surface area contributed by atoms with Gasteiger partial charge in [-0.1, -0.05) is 55.1 Å². The SMILES string of the molecule is C=C(CC1(c2ccccc2)C(=O)N(C(=O)OC(C)(C)C)c2ccccc21)C(=O)OCC. The Hall–Kier alpha value is -3.41. The summed E-state index contributed by atoms with van der Waals surface area (Å²) in [6, 6.07) is 16.1. The highest BCUT2D eigenvalue weighted by atomic mass is 16.6. The van der Waals surface area contributed by atoms with Crippen molar-refractivity contribution in [2.24, 2.45) is 0 Å². The first-order valence-electron chi connectivity index (χ1n) is 10.2. The first kappa shape index (κ1) is 22.3. The second-order valence-corrected chi connectivity index (χ2v) is 8.41. The largest absolute Gasteiger partial charge is 0.463 e. The summed E-state index contributed by atoms with van der Waals surface area (Å²) in [6.45, 7) is 11.0. The fraction of sp³-hybridized carbons (Fsp3) is 0.320. The van der Waals surface area contributed by atoms with Crippen molar-refractivity contribution in [2.75, 3.05) is 11.5 Å². The summed E-state index contributed by atoms with van der Waals surface area (Å²) in [5.74, 6) is -1.06. The fourth-order valence-electron chi connectivity index (χ4n) is 3.83. The topological polar surface area (TPSA) is 72.9 Å². The number of esters is 1. The van der Waals surface area contributed by atoms with E-state index in [0.29, 0.717) is 16.8 Å². The average molecular weight is 421 g/mol. The number of nitrogens with zero attached hydrogens (tertiary/aromatic N) is 1. The van der Waals surface area contributed by atoms with Gasteiger partial charge in [0.15, 0.2) is 0 Å². The van der Waals surface area contributed by atoms with Crippen LogP contribution in [0.25, 0.3) is 0 Å². The van der Waals surface area contributed by atoms with Crippen molar-refractivity contribution in [1.82, 2.24) is 0 Å². The van der Waals surface area contributed by atoms with Crippen LogP contribution in [0.4, 0.5) is 10.5 Å². The molecule has 0 aliphatic carbocycles. The smallest absolute Gasteiger partial charge is 0.421 e. The van der Waals surface area contributed by atoms with Crippen LogP contribution in [-0.2, 0) is 24.5 Å². The van der Waals surface area contributed by atoms with Gasteiger partial charge in [0.1, 0.15) is 11.0 Å². The van der Waals surface area contributed by atoms with Crippen LogP contribution in [0.2, 0.25) is 0 Å². The molecule has 0 aromatic heterocycles. The minimum atomic E-state index is -1.31. The monoisotopic (exact) mass is 421 g/mol. The van der Waals surface area contributed by atoms with E-state index in [1.54, 1.807) is 52.0 Å². The van der Waals surface area contributed by atoms with Crippen molar-refractivity contribution in [3.05, 3.63) is 77.9 Å². The van der Waals surface area contributed by atoms with Gasteiger partial charge in [-0.3, -0.25) is 4.79 Å². The zero-order chi connectivity index (χ0) is 22.8. The maximum absolute atomic E-state index is 14.0. The highest BCUT2D eigenvalue weighted by Gasteiger charge is 2.55. The van der Waals surface area contributed by atoms with Gasteiger partial charge in [-0.05, 0) is 44.9 Å². The average Bonchev–Trinajstić information content (AvgIpc) is 2.96. The number of fused-ring (bicyclic) bond motifs is 1. The lowest BCUT2D eigenvalue weighted by Crippen LogP contribution is -2.46. The van der Waals surface area contributed by atoms with Gasteiger partial charge in [-0.25, -0.2) is 14.5 Å². The lowest BCUT2D eigenvalue weighted by molar-refractivity contribution is -0.138. The van der Waals surface area contributed by atoms with Crippen LogP contribution in [0, 0.1) is 0 Å². The molecule has 31 heavy (non-hydrogen) atoms. The van der Waals surface area contributed by atoms with Gasteiger partial charge in [0, 0.05) is 12.0 Å². The van der Waals surface area contributed by atoms with Gasteiger partial charge in [-0.15, -0.1) is 0 Å². The lowest BCUT2D eigenvalue weighted by atomic mass is 9.71. The zero-order valence-electron chi connectivity index (χ0n) is 18.3. The predicted octanol–water partition coefficient (Wildman–Crippen LogP) is 4.76. The molecule has 0 N–H and O–H groups in total. The number of hydrogen-bond donors (Lipinski definition) is 0. The minimum Gasteiger partial charge on any atom is -0.463 e. The Morgan fingerprint density at radius 2 is 1.65 bits per heavy atom. The summed E-state index contributed by atoms with van der Waals surface area (Å²) in [4.78, 5) is 40.5. The molecule has 2 aromatic carbocycles. The van der Waals surface area contributed by atoms with Crippen molar-refractivity contribution in [2.45, 2.75) is 45.1 Å². The van der Waals surface area contributed by atoms with Gasteiger partial charge in [0.05, 0.1) is 12.3 Å². The zero-order valence-corrected chi connectivity index (χ0v) is 18.3. The first-order chi connectivity index (χ1) is 14.6. The Labute approximate surface area is 182 Å². The standard InChI is InChI=1S/C25H27NO5/c1-6-30-21(27)17(2)16-25(18-12-8-7-9-13-18)19-14-10-11-15-20(19)26(22(25)28)23(29)31-24(3,4)5/h7-15H,2,6,16H2,1,3-5H3. The van der Waals surface area contributed by atoms with Crippen LogP contribution < -0.4 is 4.90 Å². The van der Waals surface area contributed by atoms with Gasteiger partial charge in [0.2, 0.25) is 0 Å². The second-order valence-electron chi connectivity index (χ2n) is 8.41. The quantitative estimate of drug-likeness (QED) is 0.514. The molecule has 0 bridgehead atoms. The van der Waals surface area contributed by atoms with Gasteiger partial charge in [-0.2, -0.15) is 0 Å². The van der Waals surface area contributed by atoms with Crippen LogP contribution in [0.1, 0.15) is 45.2 Å². The molecule has 1 aliphatic heterocycles. The van der Waals surface area contributed by atoms with E-state index < -0.39 is 29.0 Å². The van der Waals surface area contributed by atoms with Crippen LogP contribution in [0.3, 0.4) is 0 Å². The van der Waals surface area contributed by atoms with E-state index in [4.69, 9.17) is 9.47 Å². The van der Waals surface area contributed by atoms with Gasteiger partial charge in [0.25, 0.3) is 5.91 Å². The second kappa shape index (κ2) is 8.38. The van der Waals surface area contributed by atoms with Crippen molar-refractivity contribution < 1.29 is 23.9 Å². The number of rotatable bonds is 5. The van der Waals surface area contributed by atoms with E-state index in [2.05, 4.69) is 6.58 Å². The van der Waals surface area contributed by atoms with Crippen LogP contribution >= 0.6 is 0 Å². The van der Waals surface area contributed by atoms with Gasteiger partial charge < -0.3 is 9.47 Å². The number of ether oxygens (including phenoxy) is 2. The van der Waals surface area contributed by atoms with Crippen molar-refractivity contribution in [1.29, 1.82) is 0 Å². The number of anilines is 1. The normalized spacial score (nSPS) is 17.8. The number of benzene rings is 2. The first-order valence-corrected chi connectivity index (χ1v) is 10.2. The summed E-state index contributed by atoms with van der Waals surface area (Å²) >= 11 is 0. The molecule has 6 heteroatoms. The molecule has 0 saturated carbocycles. The van der Waals surface area contributed by atoms with E-state index in [1.807, 2.05) is 30.3 Å². The highest BCUT2D eigenvalue weighted by molar-refractivity contribution is 6.22. The van der Waals surface area contributed by atoms with Crippen molar-refractivity contribution >= 4 is 23.7 Å². The maximum Gasteiger partial charge on any atom is 0.421 e. The molecular weight excluding hydrogens is 394 g/mol.